The van der Waals surface area contributed by atoms with Crippen LogP contribution in [0.2, 0.25) is 0 Å². The van der Waals surface area contributed by atoms with Crippen LogP contribution in [0.5, 0.6) is 0 Å². The molecule has 0 amide bonds. The van der Waals surface area contributed by atoms with Crippen molar-refractivity contribution >= 4 is 15.9 Å². The molecule has 1 aromatic rings. The van der Waals surface area contributed by atoms with Gasteiger partial charge in [-0.2, -0.15) is 12.7 Å². The number of rotatable bonds is 5. The van der Waals surface area contributed by atoms with Crippen molar-refractivity contribution in [3.8, 4) is 0 Å². The minimum Gasteiger partial charge on any atom is -0.396 e. The summed E-state index contributed by atoms with van der Waals surface area (Å²) in [5, 5.41) is 8.88. The molecule has 5 nitrogen and oxygen atoms in total. The second kappa shape index (κ2) is 6.77. The third kappa shape index (κ3) is 4.43. The van der Waals surface area contributed by atoms with Gasteiger partial charge in [0.2, 0.25) is 0 Å². The molecule has 2 atom stereocenters. The van der Waals surface area contributed by atoms with E-state index in [1.165, 1.54) is 4.31 Å². The lowest BCUT2D eigenvalue weighted by Crippen LogP contribution is -2.45. The molecule has 2 rings (SSSR count). The Bertz CT molecular complexity index is 547. The Morgan fingerprint density at radius 2 is 1.76 bits per heavy atom. The summed E-state index contributed by atoms with van der Waals surface area (Å²) in [5.41, 5.74) is 1.54. The third-order valence-electron chi connectivity index (χ3n) is 3.78. The lowest BCUT2D eigenvalue weighted by molar-refractivity contribution is 0.223. The maximum Gasteiger partial charge on any atom is 0.301 e. The number of benzene rings is 1. The van der Waals surface area contributed by atoms with E-state index in [0.29, 0.717) is 37.0 Å². The van der Waals surface area contributed by atoms with E-state index in [9.17, 15) is 8.42 Å². The molecule has 1 aliphatic rings. The summed E-state index contributed by atoms with van der Waals surface area (Å²) in [7, 11) is -3.49. The number of piperidine rings is 1. The van der Waals surface area contributed by atoms with Crippen molar-refractivity contribution in [1.82, 2.24) is 4.31 Å². The molecule has 2 unspecified atom stereocenters. The summed E-state index contributed by atoms with van der Waals surface area (Å²) < 4.78 is 29.0. The highest BCUT2D eigenvalue weighted by Gasteiger charge is 2.30. The fourth-order valence-corrected chi connectivity index (χ4v) is 4.35. The average Bonchev–Trinajstić information content (AvgIpc) is 2.40. The molecule has 6 heteroatoms. The Morgan fingerprint density at radius 3 is 2.29 bits per heavy atom. The van der Waals surface area contributed by atoms with E-state index in [-0.39, 0.29) is 6.61 Å². The summed E-state index contributed by atoms with van der Waals surface area (Å²) in [6, 6.07) is 7.13. The Hall–Kier alpha value is -1.11. The van der Waals surface area contributed by atoms with E-state index >= 15 is 0 Å². The molecule has 118 valence electrons. The zero-order valence-electron chi connectivity index (χ0n) is 12.6. The van der Waals surface area contributed by atoms with Gasteiger partial charge in [0.05, 0.1) is 0 Å². The molecule has 0 bridgehead atoms. The largest absolute Gasteiger partial charge is 0.396 e. The molecular formula is C15H24N2O3S. The molecule has 1 heterocycles. The van der Waals surface area contributed by atoms with Crippen molar-refractivity contribution in [2.75, 3.05) is 24.4 Å². The molecule has 1 aromatic carbocycles. The minimum absolute atomic E-state index is 0.0919. The number of aliphatic hydroxyl groups excluding tert-OH is 1. The molecular weight excluding hydrogens is 288 g/mol. The summed E-state index contributed by atoms with van der Waals surface area (Å²) >= 11 is 0. The highest BCUT2D eigenvalue weighted by molar-refractivity contribution is 7.90. The molecule has 0 radical (unpaired) electrons. The van der Waals surface area contributed by atoms with Gasteiger partial charge in [-0.3, -0.25) is 4.72 Å². The van der Waals surface area contributed by atoms with Crippen LogP contribution in [0, 0.1) is 11.8 Å². The molecule has 0 saturated carbocycles. The van der Waals surface area contributed by atoms with Gasteiger partial charge in [0, 0.05) is 25.4 Å². The highest BCUT2D eigenvalue weighted by Crippen LogP contribution is 2.24. The zero-order chi connectivity index (χ0) is 15.5. The van der Waals surface area contributed by atoms with Crippen LogP contribution in [0.25, 0.3) is 0 Å². The maximum atomic E-state index is 12.4. The summed E-state index contributed by atoms with van der Waals surface area (Å²) in [6.45, 7) is 5.41. The Kier molecular flexibility index (Phi) is 5.24. The second-order valence-corrected chi connectivity index (χ2v) is 7.71. The van der Waals surface area contributed by atoms with Crippen LogP contribution in [0.15, 0.2) is 24.3 Å². The van der Waals surface area contributed by atoms with Gasteiger partial charge in [0.1, 0.15) is 0 Å². The van der Waals surface area contributed by atoms with E-state index in [0.717, 1.165) is 12.0 Å². The van der Waals surface area contributed by atoms with Gasteiger partial charge >= 0.3 is 10.2 Å². The molecule has 21 heavy (non-hydrogen) atoms. The molecule has 1 fully saturated rings. The SMILES string of the molecule is CC1CC(C)CN(S(=O)(=O)Nc2ccc(CCO)cc2)C1. The van der Waals surface area contributed by atoms with Crippen molar-refractivity contribution in [2.24, 2.45) is 11.8 Å². The smallest absolute Gasteiger partial charge is 0.301 e. The van der Waals surface area contributed by atoms with Gasteiger partial charge in [-0.1, -0.05) is 26.0 Å². The summed E-state index contributed by atoms with van der Waals surface area (Å²) in [4.78, 5) is 0. The second-order valence-electron chi connectivity index (χ2n) is 6.04. The number of nitrogens with zero attached hydrogens (tertiary/aromatic N) is 1. The van der Waals surface area contributed by atoms with E-state index < -0.39 is 10.2 Å². The van der Waals surface area contributed by atoms with Gasteiger partial charge in [-0.15, -0.1) is 0 Å². The van der Waals surface area contributed by atoms with E-state index in [1.807, 2.05) is 12.1 Å². The van der Waals surface area contributed by atoms with Crippen molar-refractivity contribution in [3.63, 3.8) is 0 Å². The van der Waals surface area contributed by atoms with Crippen LogP contribution in [-0.2, 0) is 16.6 Å². The Balaban J connectivity index is 2.06. The number of aliphatic hydroxyl groups is 1. The van der Waals surface area contributed by atoms with Crippen molar-refractivity contribution < 1.29 is 13.5 Å². The molecule has 1 aliphatic heterocycles. The van der Waals surface area contributed by atoms with Crippen molar-refractivity contribution in [1.29, 1.82) is 0 Å². The summed E-state index contributed by atoms with van der Waals surface area (Å²) in [5.74, 6) is 0.773. The number of anilines is 1. The zero-order valence-corrected chi connectivity index (χ0v) is 13.4. The van der Waals surface area contributed by atoms with Crippen molar-refractivity contribution in [2.45, 2.75) is 26.7 Å². The Labute approximate surface area is 127 Å². The summed E-state index contributed by atoms with van der Waals surface area (Å²) in [6.07, 6.45) is 1.65. The van der Waals surface area contributed by atoms with Gasteiger partial charge in [-0.25, -0.2) is 0 Å². The Morgan fingerprint density at radius 1 is 1.19 bits per heavy atom. The lowest BCUT2D eigenvalue weighted by Gasteiger charge is -2.34. The molecule has 0 aliphatic carbocycles. The minimum atomic E-state index is -3.49. The average molecular weight is 312 g/mol. The normalized spacial score (nSPS) is 24.0. The fourth-order valence-electron chi connectivity index (χ4n) is 2.88. The van der Waals surface area contributed by atoms with Crippen molar-refractivity contribution in [3.05, 3.63) is 29.8 Å². The van der Waals surface area contributed by atoms with Crippen LogP contribution in [0.3, 0.4) is 0 Å². The third-order valence-corrected chi connectivity index (χ3v) is 5.25. The van der Waals surface area contributed by atoms with Crippen LogP contribution in [-0.4, -0.2) is 37.5 Å². The van der Waals surface area contributed by atoms with E-state index in [4.69, 9.17) is 5.11 Å². The van der Waals surface area contributed by atoms with Gasteiger partial charge < -0.3 is 5.11 Å². The van der Waals surface area contributed by atoms with Gasteiger partial charge in [0.25, 0.3) is 0 Å². The standard InChI is InChI=1S/C15H24N2O3S/c1-12-9-13(2)11-17(10-12)21(19,20)16-15-5-3-14(4-6-15)7-8-18/h3-6,12-13,16,18H,7-11H2,1-2H3. The number of hydrogen-bond donors (Lipinski definition) is 2. The van der Waals surface area contributed by atoms with Crippen LogP contribution in [0.1, 0.15) is 25.8 Å². The quantitative estimate of drug-likeness (QED) is 0.872. The lowest BCUT2D eigenvalue weighted by atomic mass is 9.94. The molecule has 1 saturated heterocycles. The molecule has 2 N–H and O–H groups in total. The highest BCUT2D eigenvalue weighted by atomic mass is 32.2. The monoisotopic (exact) mass is 312 g/mol. The predicted octanol–water partition coefficient (Wildman–Crippen LogP) is 1.86. The number of hydrogen-bond acceptors (Lipinski definition) is 3. The first-order chi connectivity index (χ1) is 9.90. The van der Waals surface area contributed by atoms with Crippen LogP contribution < -0.4 is 4.72 Å². The number of nitrogens with one attached hydrogen (secondary N) is 1. The van der Waals surface area contributed by atoms with Crippen LogP contribution in [0.4, 0.5) is 5.69 Å². The molecule has 0 aromatic heterocycles. The van der Waals surface area contributed by atoms with Crippen LogP contribution >= 0.6 is 0 Å². The van der Waals surface area contributed by atoms with Gasteiger partial charge in [0.15, 0.2) is 0 Å². The topological polar surface area (TPSA) is 69.6 Å². The first-order valence-electron chi connectivity index (χ1n) is 7.38. The van der Waals surface area contributed by atoms with Gasteiger partial charge in [-0.05, 0) is 42.4 Å². The fraction of sp³-hybridized carbons (Fsp3) is 0.600. The first-order valence-corrected chi connectivity index (χ1v) is 8.82. The van der Waals surface area contributed by atoms with E-state index in [2.05, 4.69) is 18.6 Å². The van der Waals surface area contributed by atoms with E-state index in [1.54, 1.807) is 12.1 Å². The predicted molar refractivity (Wildman–Crippen MR) is 84.3 cm³/mol. The first kappa shape index (κ1) is 16.3. The maximum absolute atomic E-state index is 12.4. The molecule has 0 spiro atoms.